The number of nitrogens with zero attached hydrogens (tertiary/aromatic N) is 2. The van der Waals surface area contributed by atoms with E-state index in [9.17, 15) is 9.59 Å². The summed E-state index contributed by atoms with van der Waals surface area (Å²) in [5, 5.41) is 0.0409. The standard InChI is InChI=1S/C8H9N3O2S/c12-7-3-5(14)4-11(7)6-1-2-9-8(13)10-6/h1-2,5,14H,3-4H2,(H,9,10,13). The van der Waals surface area contributed by atoms with Crippen LogP contribution >= 0.6 is 12.6 Å². The molecule has 14 heavy (non-hydrogen) atoms. The summed E-state index contributed by atoms with van der Waals surface area (Å²) in [5.41, 5.74) is -0.446. The molecule has 1 unspecified atom stereocenters. The molecule has 1 aromatic heterocycles. The second-order valence-corrected chi connectivity index (χ2v) is 3.85. The molecule has 1 aliphatic heterocycles. The summed E-state index contributed by atoms with van der Waals surface area (Å²) >= 11 is 4.22. The molecule has 1 atom stereocenters. The molecule has 6 heteroatoms. The van der Waals surface area contributed by atoms with Crippen LogP contribution < -0.4 is 10.6 Å². The number of carbonyl (C=O) groups is 1. The van der Waals surface area contributed by atoms with Gasteiger partial charge in [-0.1, -0.05) is 0 Å². The molecule has 1 fully saturated rings. The number of nitrogens with one attached hydrogen (secondary N) is 1. The minimum absolute atomic E-state index is 0.0214. The van der Waals surface area contributed by atoms with Gasteiger partial charge in [0.15, 0.2) is 0 Å². The van der Waals surface area contributed by atoms with Crippen LogP contribution in [0.4, 0.5) is 5.82 Å². The van der Waals surface area contributed by atoms with Gasteiger partial charge in [-0.15, -0.1) is 0 Å². The van der Waals surface area contributed by atoms with E-state index in [0.717, 1.165) is 0 Å². The Balaban J connectivity index is 2.32. The van der Waals surface area contributed by atoms with Crippen molar-refractivity contribution in [2.24, 2.45) is 0 Å². The van der Waals surface area contributed by atoms with Crippen molar-refractivity contribution in [2.45, 2.75) is 11.7 Å². The molecule has 0 radical (unpaired) electrons. The maximum Gasteiger partial charge on any atom is 0.346 e. The number of carbonyl (C=O) groups excluding carboxylic acids is 1. The number of hydrogen-bond acceptors (Lipinski definition) is 4. The molecule has 2 heterocycles. The Labute approximate surface area is 85.6 Å². The zero-order valence-corrected chi connectivity index (χ0v) is 8.20. The number of amides is 1. The average Bonchev–Trinajstić information content (AvgIpc) is 2.45. The Morgan fingerprint density at radius 2 is 2.36 bits per heavy atom. The number of aromatic amines is 1. The fourth-order valence-electron chi connectivity index (χ4n) is 1.44. The van der Waals surface area contributed by atoms with Gasteiger partial charge in [0.1, 0.15) is 5.82 Å². The van der Waals surface area contributed by atoms with Crippen LogP contribution in [0.25, 0.3) is 0 Å². The van der Waals surface area contributed by atoms with Crippen molar-refractivity contribution in [3.05, 3.63) is 22.7 Å². The first-order valence-electron chi connectivity index (χ1n) is 4.20. The van der Waals surface area contributed by atoms with E-state index in [0.29, 0.717) is 18.8 Å². The van der Waals surface area contributed by atoms with Crippen molar-refractivity contribution in [1.82, 2.24) is 9.97 Å². The van der Waals surface area contributed by atoms with Crippen molar-refractivity contribution < 1.29 is 4.79 Å². The van der Waals surface area contributed by atoms with Crippen molar-refractivity contribution >= 4 is 24.4 Å². The molecule has 0 spiro atoms. The number of H-pyrrole nitrogens is 1. The summed E-state index contributed by atoms with van der Waals surface area (Å²) in [6.45, 7) is 0.530. The number of rotatable bonds is 1. The van der Waals surface area contributed by atoms with Gasteiger partial charge in [-0.05, 0) is 6.07 Å². The normalized spacial score (nSPS) is 21.6. The van der Waals surface area contributed by atoms with Crippen LogP contribution in [0.1, 0.15) is 6.42 Å². The lowest BCUT2D eigenvalue weighted by molar-refractivity contribution is -0.117. The lowest BCUT2D eigenvalue weighted by Crippen LogP contribution is -2.27. The number of hydrogen-bond donors (Lipinski definition) is 2. The van der Waals surface area contributed by atoms with Crippen LogP contribution in [0.2, 0.25) is 0 Å². The van der Waals surface area contributed by atoms with Crippen LogP contribution in [0.5, 0.6) is 0 Å². The Bertz CT molecular complexity index is 417. The second kappa shape index (κ2) is 3.45. The van der Waals surface area contributed by atoms with E-state index in [4.69, 9.17) is 0 Å². The summed E-state index contributed by atoms with van der Waals surface area (Å²) < 4.78 is 0. The molecule has 1 aromatic rings. The molecule has 5 nitrogen and oxygen atoms in total. The molecular formula is C8H9N3O2S. The van der Waals surface area contributed by atoms with Gasteiger partial charge in [-0.2, -0.15) is 12.6 Å². The van der Waals surface area contributed by atoms with Crippen LogP contribution in [0, 0.1) is 0 Å². The van der Waals surface area contributed by atoms with E-state index in [1.54, 1.807) is 6.07 Å². The van der Waals surface area contributed by atoms with Crippen molar-refractivity contribution in [1.29, 1.82) is 0 Å². The Morgan fingerprint density at radius 1 is 1.57 bits per heavy atom. The lowest BCUT2D eigenvalue weighted by Gasteiger charge is -2.14. The molecule has 0 aliphatic carbocycles. The molecular weight excluding hydrogens is 202 g/mol. The topological polar surface area (TPSA) is 66.1 Å². The molecule has 1 amide bonds. The minimum Gasteiger partial charge on any atom is -0.297 e. The number of thiol groups is 1. The summed E-state index contributed by atoms with van der Waals surface area (Å²) in [6, 6.07) is 1.60. The van der Waals surface area contributed by atoms with Crippen LogP contribution in [-0.4, -0.2) is 27.7 Å². The van der Waals surface area contributed by atoms with Gasteiger partial charge in [-0.3, -0.25) is 14.7 Å². The highest BCUT2D eigenvalue weighted by molar-refractivity contribution is 7.81. The Kier molecular flexibility index (Phi) is 2.28. The van der Waals surface area contributed by atoms with E-state index >= 15 is 0 Å². The maximum absolute atomic E-state index is 11.4. The first-order chi connectivity index (χ1) is 6.66. The molecule has 1 saturated heterocycles. The van der Waals surface area contributed by atoms with Gasteiger partial charge in [-0.25, -0.2) is 9.78 Å². The molecule has 0 aromatic carbocycles. The highest BCUT2D eigenvalue weighted by atomic mass is 32.1. The van der Waals surface area contributed by atoms with Gasteiger partial charge in [0.25, 0.3) is 0 Å². The molecule has 2 rings (SSSR count). The average molecular weight is 211 g/mol. The zero-order chi connectivity index (χ0) is 10.1. The van der Waals surface area contributed by atoms with Crippen LogP contribution in [0.15, 0.2) is 17.1 Å². The molecule has 1 aliphatic rings. The van der Waals surface area contributed by atoms with Gasteiger partial charge in [0, 0.05) is 24.4 Å². The van der Waals surface area contributed by atoms with E-state index in [1.807, 2.05) is 0 Å². The third-order valence-electron chi connectivity index (χ3n) is 2.05. The fraction of sp³-hybridized carbons (Fsp3) is 0.375. The van der Waals surface area contributed by atoms with Gasteiger partial charge < -0.3 is 0 Å². The SMILES string of the molecule is O=C1CC(S)CN1c1ccnc(=O)[nH]1. The predicted octanol–water partition coefficient (Wildman–Crippen LogP) is -0.195. The zero-order valence-electron chi connectivity index (χ0n) is 7.30. The van der Waals surface area contributed by atoms with Crippen molar-refractivity contribution in [2.75, 3.05) is 11.4 Å². The number of aromatic nitrogens is 2. The highest BCUT2D eigenvalue weighted by Gasteiger charge is 2.28. The Morgan fingerprint density at radius 3 is 2.93 bits per heavy atom. The first kappa shape index (κ1) is 9.26. The molecule has 0 bridgehead atoms. The molecule has 0 saturated carbocycles. The summed E-state index contributed by atoms with van der Waals surface area (Å²) in [7, 11) is 0. The van der Waals surface area contributed by atoms with Gasteiger partial charge in [0.2, 0.25) is 5.91 Å². The summed E-state index contributed by atoms with van der Waals surface area (Å²) in [6.07, 6.45) is 1.79. The quantitative estimate of drug-likeness (QED) is 0.632. The predicted molar refractivity (Wildman–Crippen MR) is 54.6 cm³/mol. The smallest absolute Gasteiger partial charge is 0.297 e. The van der Waals surface area contributed by atoms with Crippen molar-refractivity contribution in [3.8, 4) is 0 Å². The largest absolute Gasteiger partial charge is 0.346 e. The second-order valence-electron chi connectivity index (χ2n) is 3.12. The molecule has 74 valence electrons. The van der Waals surface area contributed by atoms with Crippen molar-refractivity contribution in [3.63, 3.8) is 0 Å². The van der Waals surface area contributed by atoms with E-state index in [-0.39, 0.29) is 11.2 Å². The minimum atomic E-state index is -0.446. The van der Waals surface area contributed by atoms with Crippen LogP contribution in [-0.2, 0) is 4.79 Å². The lowest BCUT2D eigenvalue weighted by atomic mass is 10.4. The number of anilines is 1. The van der Waals surface area contributed by atoms with Gasteiger partial charge in [0.05, 0.1) is 0 Å². The molecule has 1 N–H and O–H groups in total. The third-order valence-corrected chi connectivity index (χ3v) is 2.40. The Hall–Kier alpha value is -1.30. The van der Waals surface area contributed by atoms with Crippen LogP contribution in [0.3, 0.4) is 0 Å². The maximum atomic E-state index is 11.4. The van der Waals surface area contributed by atoms with E-state index in [1.165, 1.54) is 11.1 Å². The van der Waals surface area contributed by atoms with E-state index < -0.39 is 5.69 Å². The highest BCUT2D eigenvalue weighted by Crippen LogP contribution is 2.20. The first-order valence-corrected chi connectivity index (χ1v) is 4.72. The summed E-state index contributed by atoms with van der Waals surface area (Å²) in [5.74, 6) is 0.471. The monoisotopic (exact) mass is 211 g/mol. The van der Waals surface area contributed by atoms with Gasteiger partial charge >= 0.3 is 5.69 Å². The van der Waals surface area contributed by atoms with E-state index in [2.05, 4.69) is 22.6 Å². The fourth-order valence-corrected chi connectivity index (χ4v) is 1.76. The third kappa shape index (κ3) is 1.65. The summed E-state index contributed by atoms with van der Waals surface area (Å²) in [4.78, 5) is 29.8.